The van der Waals surface area contributed by atoms with E-state index in [0.717, 1.165) is 69.7 Å². The standard InChI is InChI=1S/C19H26N6O/c1-14-23-17-12-21-6-4-16(17)19(24-14)22-13-18(15-3-2-5-20-11-15)25-7-9-26-10-8-25/h2-3,5,11,18,21H,4,6-10,12-13H2,1H3,(H,22,23,24)/t18-/m1/s1. The Balaban J connectivity index is 1.56. The average molecular weight is 354 g/mol. The van der Waals surface area contributed by atoms with Gasteiger partial charge in [-0.25, -0.2) is 9.97 Å². The Morgan fingerprint density at radius 1 is 1.31 bits per heavy atom. The van der Waals surface area contributed by atoms with Crippen LogP contribution in [-0.2, 0) is 17.7 Å². The highest BCUT2D eigenvalue weighted by Gasteiger charge is 2.24. The smallest absolute Gasteiger partial charge is 0.133 e. The van der Waals surface area contributed by atoms with Crippen LogP contribution >= 0.6 is 0 Å². The average Bonchev–Trinajstić information content (AvgIpc) is 2.69. The highest BCUT2D eigenvalue weighted by molar-refractivity contribution is 5.48. The second-order valence-electron chi connectivity index (χ2n) is 6.80. The molecule has 0 spiro atoms. The lowest BCUT2D eigenvalue weighted by Crippen LogP contribution is -2.41. The number of nitrogens with zero attached hydrogens (tertiary/aromatic N) is 4. The quantitative estimate of drug-likeness (QED) is 0.838. The van der Waals surface area contributed by atoms with Crippen LogP contribution < -0.4 is 10.6 Å². The number of hydrogen-bond acceptors (Lipinski definition) is 7. The molecule has 0 radical (unpaired) electrons. The van der Waals surface area contributed by atoms with Crippen LogP contribution in [0.25, 0.3) is 0 Å². The molecule has 0 aliphatic carbocycles. The number of anilines is 1. The third kappa shape index (κ3) is 3.85. The summed E-state index contributed by atoms with van der Waals surface area (Å²) in [6, 6.07) is 4.41. The molecule has 2 aliphatic rings. The first-order valence-corrected chi connectivity index (χ1v) is 9.34. The molecule has 4 rings (SSSR count). The highest BCUT2D eigenvalue weighted by atomic mass is 16.5. The number of rotatable bonds is 5. The molecular weight excluding hydrogens is 328 g/mol. The van der Waals surface area contributed by atoms with Gasteiger partial charge in [-0.3, -0.25) is 9.88 Å². The third-order valence-electron chi connectivity index (χ3n) is 5.07. The molecule has 0 bridgehead atoms. The summed E-state index contributed by atoms with van der Waals surface area (Å²) in [5, 5.41) is 7.01. The van der Waals surface area contributed by atoms with Crippen molar-refractivity contribution in [2.24, 2.45) is 0 Å². The zero-order valence-corrected chi connectivity index (χ0v) is 15.2. The van der Waals surface area contributed by atoms with Gasteiger partial charge in [-0.15, -0.1) is 0 Å². The molecule has 1 atom stereocenters. The Morgan fingerprint density at radius 3 is 3.00 bits per heavy atom. The van der Waals surface area contributed by atoms with Gasteiger partial charge in [0.05, 0.1) is 24.9 Å². The van der Waals surface area contributed by atoms with E-state index in [2.05, 4.69) is 36.6 Å². The van der Waals surface area contributed by atoms with Gasteiger partial charge in [0.25, 0.3) is 0 Å². The van der Waals surface area contributed by atoms with Crippen molar-refractivity contribution in [3.05, 3.63) is 47.2 Å². The number of aryl methyl sites for hydroxylation is 1. The van der Waals surface area contributed by atoms with Crippen LogP contribution in [0.1, 0.15) is 28.7 Å². The molecule has 0 aromatic carbocycles. The van der Waals surface area contributed by atoms with Gasteiger partial charge in [0.15, 0.2) is 0 Å². The third-order valence-corrected chi connectivity index (χ3v) is 5.07. The predicted molar refractivity (Wildman–Crippen MR) is 100 cm³/mol. The summed E-state index contributed by atoms with van der Waals surface area (Å²) in [6.07, 6.45) is 4.75. The molecule has 2 aromatic rings. The van der Waals surface area contributed by atoms with Gasteiger partial charge in [-0.1, -0.05) is 6.07 Å². The lowest BCUT2D eigenvalue weighted by Gasteiger charge is -2.35. The molecule has 7 heteroatoms. The van der Waals surface area contributed by atoms with E-state index < -0.39 is 0 Å². The first-order chi connectivity index (χ1) is 12.8. The summed E-state index contributed by atoms with van der Waals surface area (Å²) in [4.78, 5) is 16.1. The summed E-state index contributed by atoms with van der Waals surface area (Å²) >= 11 is 0. The minimum Gasteiger partial charge on any atom is -0.379 e. The zero-order valence-electron chi connectivity index (χ0n) is 15.2. The van der Waals surface area contributed by atoms with Crippen molar-refractivity contribution in [2.45, 2.75) is 25.9 Å². The Morgan fingerprint density at radius 2 is 2.19 bits per heavy atom. The molecule has 26 heavy (non-hydrogen) atoms. The van der Waals surface area contributed by atoms with Gasteiger partial charge in [0, 0.05) is 44.1 Å². The van der Waals surface area contributed by atoms with Crippen LogP contribution in [-0.4, -0.2) is 59.2 Å². The largest absolute Gasteiger partial charge is 0.379 e. The van der Waals surface area contributed by atoms with Gasteiger partial charge in [-0.05, 0) is 31.5 Å². The van der Waals surface area contributed by atoms with Crippen molar-refractivity contribution < 1.29 is 4.74 Å². The van der Waals surface area contributed by atoms with Crippen molar-refractivity contribution >= 4 is 5.82 Å². The number of morpholine rings is 1. The second-order valence-corrected chi connectivity index (χ2v) is 6.80. The van der Waals surface area contributed by atoms with Crippen LogP contribution in [0.15, 0.2) is 24.5 Å². The van der Waals surface area contributed by atoms with Crippen molar-refractivity contribution in [1.29, 1.82) is 0 Å². The van der Waals surface area contributed by atoms with Crippen molar-refractivity contribution in [1.82, 2.24) is 25.2 Å². The normalized spacial score (nSPS) is 19.0. The molecule has 0 amide bonds. The van der Waals surface area contributed by atoms with Crippen molar-refractivity contribution in [3.63, 3.8) is 0 Å². The van der Waals surface area contributed by atoms with Crippen LogP contribution in [0.2, 0.25) is 0 Å². The Kier molecular flexibility index (Phi) is 5.38. The Hall–Kier alpha value is -2.09. The number of hydrogen-bond donors (Lipinski definition) is 2. The second kappa shape index (κ2) is 8.07. The van der Waals surface area contributed by atoms with E-state index in [1.165, 1.54) is 11.1 Å². The molecule has 1 fully saturated rings. The SMILES string of the molecule is Cc1nc2c(c(NC[C@H](c3cccnc3)N3CCOCC3)n1)CCNC2. The highest BCUT2D eigenvalue weighted by Crippen LogP contribution is 2.24. The first-order valence-electron chi connectivity index (χ1n) is 9.34. The fraction of sp³-hybridized carbons (Fsp3) is 0.526. The van der Waals surface area contributed by atoms with E-state index in [0.29, 0.717) is 0 Å². The summed E-state index contributed by atoms with van der Waals surface area (Å²) < 4.78 is 5.53. The molecule has 0 unspecified atom stereocenters. The number of ether oxygens (including phenoxy) is 1. The molecule has 2 aromatic heterocycles. The lowest BCUT2D eigenvalue weighted by atomic mass is 10.0. The molecule has 0 saturated carbocycles. The topological polar surface area (TPSA) is 75.2 Å². The fourth-order valence-electron chi connectivity index (χ4n) is 3.74. The van der Waals surface area contributed by atoms with Crippen molar-refractivity contribution in [2.75, 3.05) is 44.7 Å². The van der Waals surface area contributed by atoms with E-state index in [9.17, 15) is 0 Å². The molecule has 2 aliphatic heterocycles. The van der Waals surface area contributed by atoms with E-state index in [4.69, 9.17) is 4.74 Å². The minimum atomic E-state index is 0.250. The number of aromatic nitrogens is 3. The minimum absolute atomic E-state index is 0.250. The number of nitrogens with one attached hydrogen (secondary N) is 2. The van der Waals surface area contributed by atoms with Gasteiger partial charge < -0.3 is 15.4 Å². The summed E-state index contributed by atoms with van der Waals surface area (Å²) in [6.45, 7) is 7.99. The van der Waals surface area contributed by atoms with E-state index in [-0.39, 0.29) is 6.04 Å². The van der Waals surface area contributed by atoms with Gasteiger partial charge >= 0.3 is 0 Å². The van der Waals surface area contributed by atoms with Gasteiger partial charge in [0.1, 0.15) is 11.6 Å². The van der Waals surface area contributed by atoms with Gasteiger partial charge in [-0.2, -0.15) is 0 Å². The Labute approximate surface area is 154 Å². The number of fused-ring (bicyclic) bond motifs is 1. The van der Waals surface area contributed by atoms with Crippen LogP contribution in [0.4, 0.5) is 5.82 Å². The van der Waals surface area contributed by atoms with Gasteiger partial charge in [0.2, 0.25) is 0 Å². The molecular formula is C19H26N6O. The summed E-state index contributed by atoms with van der Waals surface area (Å²) in [5.74, 6) is 1.80. The summed E-state index contributed by atoms with van der Waals surface area (Å²) in [5.41, 5.74) is 3.60. The zero-order chi connectivity index (χ0) is 17.8. The van der Waals surface area contributed by atoms with Crippen LogP contribution in [0.5, 0.6) is 0 Å². The molecule has 7 nitrogen and oxygen atoms in total. The van der Waals surface area contributed by atoms with Crippen LogP contribution in [0, 0.1) is 6.92 Å². The van der Waals surface area contributed by atoms with E-state index >= 15 is 0 Å². The molecule has 138 valence electrons. The molecule has 1 saturated heterocycles. The monoisotopic (exact) mass is 354 g/mol. The predicted octanol–water partition coefficient (Wildman–Crippen LogP) is 1.31. The van der Waals surface area contributed by atoms with E-state index in [1.807, 2.05) is 25.4 Å². The fourth-order valence-corrected chi connectivity index (χ4v) is 3.74. The Bertz CT molecular complexity index is 732. The maximum absolute atomic E-state index is 5.53. The number of pyridine rings is 1. The van der Waals surface area contributed by atoms with Crippen LogP contribution in [0.3, 0.4) is 0 Å². The first kappa shape index (κ1) is 17.3. The summed E-state index contributed by atoms with van der Waals surface area (Å²) in [7, 11) is 0. The molecule has 2 N–H and O–H groups in total. The maximum atomic E-state index is 5.53. The lowest BCUT2D eigenvalue weighted by molar-refractivity contribution is 0.0186. The molecule has 4 heterocycles. The maximum Gasteiger partial charge on any atom is 0.133 e. The van der Waals surface area contributed by atoms with E-state index in [1.54, 1.807) is 0 Å². The van der Waals surface area contributed by atoms with Crippen molar-refractivity contribution in [3.8, 4) is 0 Å².